The summed E-state index contributed by atoms with van der Waals surface area (Å²) in [5, 5.41) is 9.19. The third-order valence-electron chi connectivity index (χ3n) is 2.32. The lowest BCUT2D eigenvalue weighted by Gasteiger charge is -2.11. The molecule has 0 aromatic carbocycles. The summed E-state index contributed by atoms with van der Waals surface area (Å²) in [5.41, 5.74) is 0. The Morgan fingerprint density at radius 2 is 2.00 bits per heavy atom. The van der Waals surface area contributed by atoms with Crippen LogP contribution in [0.3, 0.4) is 0 Å². The molecule has 5 heteroatoms. The minimum absolute atomic E-state index is 0.606. The van der Waals surface area contributed by atoms with Gasteiger partial charge in [0.25, 0.3) is 0 Å². The predicted octanol–water partition coefficient (Wildman–Crippen LogP) is 2.41. The molecule has 92 valence electrons. The summed E-state index contributed by atoms with van der Waals surface area (Å²) in [6, 6.07) is 0. The Morgan fingerprint density at radius 1 is 1.31 bits per heavy atom. The van der Waals surface area contributed by atoms with Gasteiger partial charge in [-0.2, -0.15) is 0 Å². The van der Waals surface area contributed by atoms with Crippen molar-refractivity contribution in [3.05, 3.63) is 11.6 Å². The number of ether oxygens (including phenoxy) is 1. The van der Waals surface area contributed by atoms with Gasteiger partial charge in [-0.15, -0.1) is 10.2 Å². The van der Waals surface area contributed by atoms with Gasteiger partial charge in [0, 0.05) is 26.7 Å². The summed E-state index contributed by atoms with van der Waals surface area (Å²) in [4.78, 5) is 0. The maximum absolute atomic E-state index is 5.05. The maximum atomic E-state index is 5.05. The summed E-state index contributed by atoms with van der Waals surface area (Å²) < 4.78 is 7.27. The fraction of sp³-hybridized carbons (Fsp3) is 0.818. The van der Waals surface area contributed by atoms with E-state index in [0.717, 1.165) is 43.0 Å². The molecule has 0 unspecified atom stereocenters. The van der Waals surface area contributed by atoms with Gasteiger partial charge in [-0.1, -0.05) is 29.8 Å². The van der Waals surface area contributed by atoms with E-state index in [1.54, 1.807) is 7.11 Å². The standard InChI is InChI=1S/C11H20BrN3O/c1-9(2)8-15-10(5-4-6-16-3)13-14-11(15)7-12/h9H,4-8H2,1-3H3. The molecular weight excluding hydrogens is 270 g/mol. The molecule has 1 aromatic heterocycles. The molecule has 1 heterocycles. The number of nitrogens with zero attached hydrogens (tertiary/aromatic N) is 3. The van der Waals surface area contributed by atoms with Crippen molar-refractivity contribution in [2.75, 3.05) is 13.7 Å². The van der Waals surface area contributed by atoms with E-state index in [1.165, 1.54) is 0 Å². The molecule has 1 aromatic rings. The molecule has 0 amide bonds. The molecule has 0 aliphatic rings. The second kappa shape index (κ2) is 7.01. The van der Waals surface area contributed by atoms with E-state index in [2.05, 4.69) is 44.5 Å². The molecule has 16 heavy (non-hydrogen) atoms. The second-order valence-electron chi connectivity index (χ2n) is 4.27. The van der Waals surface area contributed by atoms with E-state index in [-0.39, 0.29) is 0 Å². The van der Waals surface area contributed by atoms with Crippen LogP contribution < -0.4 is 0 Å². The van der Waals surface area contributed by atoms with Crippen LogP contribution in [-0.4, -0.2) is 28.5 Å². The van der Waals surface area contributed by atoms with E-state index < -0.39 is 0 Å². The van der Waals surface area contributed by atoms with E-state index in [4.69, 9.17) is 4.74 Å². The van der Waals surface area contributed by atoms with Crippen molar-refractivity contribution in [3.63, 3.8) is 0 Å². The summed E-state index contributed by atoms with van der Waals surface area (Å²) >= 11 is 3.45. The van der Waals surface area contributed by atoms with Gasteiger partial charge in [-0.3, -0.25) is 0 Å². The Labute approximate surface area is 106 Å². The van der Waals surface area contributed by atoms with Crippen LogP contribution in [0.2, 0.25) is 0 Å². The highest BCUT2D eigenvalue weighted by molar-refractivity contribution is 9.08. The van der Waals surface area contributed by atoms with Crippen molar-refractivity contribution >= 4 is 15.9 Å². The Bertz CT molecular complexity index is 312. The Morgan fingerprint density at radius 3 is 2.56 bits per heavy atom. The molecule has 0 aliphatic heterocycles. The van der Waals surface area contributed by atoms with Crippen molar-refractivity contribution in [1.29, 1.82) is 0 Å². The number of hydrogen-bond acceptors (Lipinski definition) is 3. The van der Waals surface area contributed by atoms with E-state index in [9.17, 15) is 0 Å². The summed E-state index contributed by atoms with van der Waals surface area (Å²) in [5.74, 6) is 2.69. The first-order valence-electron chi connectivity index (χ1n) is 5.64. The van der Waals surface area contributed by atoms with Gasteiger partial charge in [0.05, 0.1) is 5.33 Å². The van der Waals surface area contributed by atoms with Gasteiger partial charge >= 0.3 is 0 Å². The molecule has 0 saturated heterocycles. The monoisotopic (exact) mass is 289 g/mol. The van der Waals surface area contributed by atoms with Crippen molar-refractivity contribution in [2.24, 2.45) is 5.92 Å². The molecule has 0 fully saturated rings. The Balaban J connectivity index is 2.70. The average molecular weight is 290 g/mol. The van der Waals surface area contributed by atoms with Crippen LogP contribution >= 0.6 is 15.9 Å². The topological polar surface area (TPSA) is 39.9 Å². The van der Waals surface area contributed by atoms with E-state index in [0.29, 0.717) is 5.92 Å². The molecule has 0 atom stereocenters. The van der Waals surface area contributed by atoms with Crippen molar-refractivity contribution < 1.29 is 4.74 Å². The zero-order chi connectivity index (χ0) is 12.0. The number of alkyl halides is 1. The number of halogens is 1. The summed E-state index contributed by atoms with van der Waals surface area (Å²) in [6.07, 6.45) is 1.93. The zero-order valence-electron chi connectivity index (χ0n) is 10.2. The highest BCUT2D eigenvalue weighted by Gasteiger charge is 2.11. The Kier molecular flexibility index (Phi) is 5.98. The van der Waals surface area contributed by atoms with Crippen LogP contribution in [0, 0.1) is 5.92 Å². The van der Waals surface area contributed by atoms with Crippen LogP contribution in [0.15, 0.2) is 0 Å². The molecular formula is C11H20BrN3O. The largest absolute Gasteiger partial charge is 0.385 e. The van der Waals surface area contributed by atoms with Crippen molar-refractivity contribution in [1.82, 2.24) is 14.8 Å². The van der Waals surface area contributed by atoms with Gasteiger partial charge < -0.3 is 9.30 Å². The molecule has 0 aliphatic carbocycles. The molecule has 0 radical (unpaired) electrons. The van der Waals surface area contributed by atoms with Crippen molar-refractivity contribution in [2.45, 2.75) is 38.6 Å². The zero-order valence-corrected chi connectivity index (χ0v) is 11.8. The maximum Gasteiger partial charge on any atom is 0.143 e. The quantitative estimate of drug-likeness (QED) is 0.572. The fourth-order valence-corrected chi connectivity index (χ4v) is 2.02. The average Bonchev–Trinajstić information content (AvgIpc) is 2.61. The van der Waals surface area contributed by atoms with E-state index in [1.807, 2.05) is 0 Å². The van der Waals surface area contributed by atoms with Gasteiger partial charge in [0.15, 0.2) is 0 Å². The van der Waals surface area contributed by atoms with Crippen LogP contribution in [0.1, 0.15) is 31.9 Å². The van der Waals surface area contributed by atoms with Crippen molar-refractivity contribution in [3.8, 4) is 0 Å². The smallest absolute Gasteiger partial charge is 0.143 e. The van der Waals surface area contributed by atoms with Crippen LogP contribution in [-0.2, 0) is 23.0 Å². The molecule has 0 bridgehead atoms. The first kappa shape index (κ1) is 13.6. The Hall–Kier alpha value is -0.420. The molecule has 1 rings (SSSR count). The normalized spacial score (nSPS) is 11.3. The third kappa shape index (κ3) is 3.87. The van der Waals surface area contributed by atoms with Crippen LogP contribution in [0.4, 0.5) is 0 Å². The lowest BCUT2D eigenvalue weighted by molar-refractivity contribution is 0.194. The minimum Gasteiger partial charge on any atom is -0.385 e. The van der Waals surface area contributed by atoms with Gasteiger partial charge in [0.2, 0.25) is 0 Å². The number of aromatic nitrogens is 3. The first-order valence-corrected chi connectivity index (χ1v) is 6.77. The molecule has 0 spiro atoms. The second-order valence-corrected chi connectivity index (χ2v) is 4.83. The van der Waals surface area contributed by atoms with Crippen LogP contribution in [0.25, 0.3) is 0 Å². The van der Waals surface area contributed by atoms with E-state index >= 15 is 0 Å². The molecule has 0 saturated carbocycles. The van der Waals surface area contributed by atoms with Gasteiger partial charge in [0.1, 0.15) is 11.6 Å². The van der Waals surface area contributed by atoms with Gasteiger partial charge in [-0.25, -0.2) is 0 Å². The van der Waals surface area contributed by atoms with Crippen LogP contribution in [0.5, 0.6) is 0 Å². The number of hydrogen-bond donors (Lipinski definition) is 0. The first-order chi connectivity index (χ1) is 7.69. The SMILES string of the molecule is COCCCc1nnc(CBr)n1CC(C)C. The highest BCUT2D eigenvalue weighted by atomic mass is 79.9. The molecule has 4 nitrogen and oxygen atoms in total. The lowest BCUT2D eigenvalue weighted by Crippen LogP contribution is -2.12. The molecule has 0 N–H and O–H groups in total. The minimum atomic E-state index is 0.606. The highest BCUT2D eigenvalue weighted by Crippen LogP contribution is 2.11. The van der Waals surface area contributed by atoms with Gasteiger partial charge in [-0.05, 0) is 12.3 Å². The number of aryl methyl sites for hydroxylation is 1. The predicted molar refractivity (Wildman–Crippen MR) is 67.7 cm³/mol. The lowest BCUT2D eigenvalue weighted by atomic mass is 10.2. The summed E-state index contributed by atoms with van der Waals surface area (Å²) in [6.45, 7) is 6.17. The third-order valence-corrected chi connectivity index (χ3v) is 2.82. The summed E-state index contributed by atoms with van der Waals surface area (Å²) in [7, 11) is 1.72. The fourth-order valence-electron chi connectivity index (χ4n) is 1.61. The number of rotatable bonds is 7. The number of methoxy groups -OCH3 is 1.